The summed E-state index contributed by atoms with van der Waals surface area (Å²) in [5.41, 5.74) is 2.17. The van der Waals surface area contributed by atoms with Crippen molar-refractivity contribution in [2.24, 2.45) is 0 Å². The standard InChI is InChI=1S/C16H14BrCl2I/c17-15-4-2-1-3-14(15)16(10-18,11-19)9-12-5-7-13(20)8-6-12/h1-8H,9-11H2. The van der Waals surface area contributed by atoms with Crippen molar-refractivity contribution in [3.05, 3.63) is 67.7 Å². The third kappa shape index (κ3) is 3.70. The Balaban J connectivity index is 2.39. The number of halogens is 4. The number of rotatable bonds is 5. The summed E-state index contributed by atoms with van der Waals surface area (Å²) in [6, 6.07) is 16.7. The van der Waals surface area contributed by atoms with Gasteiger partial charge in [-0.15, -0.1) is 23.2 Å². The van der Waals surface area contributed by atoms with Gasteiger partial charge in [-0.3, -0.25) is 0 Å². The van der Waals surface area contributed by atoms with Crippen molar-refractivity contribution in [1.29, 1.82) is 0 Å². The van der Waals surface area contributed by atoms with Gasteiger partial charge in [0.2, 0.25) is 0 Å². The molecule has 0 aliphatic carbocycles. The SMILES string of the molecule is ClCC(CCl)(Cc1ccc(I)cc1)c1ccccc1Br. The van der Waals surface area contributed by atoms with E-state index in [2.05, 4.69) is 68.9 Å². The zero-order valence-corrected chi connectivity index (χ0v) is 16.0. The summed E-state index contributed by atoms with van der Waals surface area (Å²) in [6.45, 7) is 0. The van der Waals surface area contributed by atoms with Gasteiger partial charge in [-0.05, 0) is 58.3 Å². The Morgan fingerprint density at radius 3 is 2.10 bits per heavy atom. The molecular formula is C16H14BrCl2I. The van der Waals surface area contributed by atoms with Crippen molar-refractivity contribution in [2.45, 2.75) is 11.8 Å². The molecule has 2 aromatic carbocycles. The van der Waals surface area contributed by atoms with Gasteiger partial charge in [-0.25, -0.2) is 0 Å². The summed E-state index contributed by atoms with van der Waals surface area (Å²) < 4.78 is 2.29. The van der Waals surface area contributed by atoms with Crippen LogP contribution in [0.2, 0.25) is 0 Å². The maximum absolute atomic E-state index is 6.31. The van der Waals surface area contributed by atoms with E-state index in [1.165, 1.54) is 14.7 Å². The predicted octanol–water partition coefficient (Wildman–Crippen LogP) is 6.01. The van der Waals surface area contributed by atoms with Crippen LogP contribution in [0.15, 0.2) is 53.0 Å². The van der Waals surface area contributed by atoms with E-state index in [0.29, 0.717) is 11.8 Å². The van der Waals surface area contributed by atoms with Crippen molar-refractivity contribution >= 4 is 61.7 Å². The second-order valence-corrected chi connectivity index (χ2v) is 7.47. The minimum atomic E-state index is -0.254. The Morgan fingerprint density at radius 1 is 0.950 bits per heavy atom. The molecule has 20 heavy (non-hydrogen) atoms. The largest absolute Gasteiger partial charge is 0.126 e. The molecule has 2 aromatic rings. The van der Waals surface area contributed by atoms with Gasteiger partial charge in [0.15, 0.2) is 0 Å². The summed E-state index contributed by atoms with van der Waals surface area (Å²) >= 11 is 18.5. The summed E-state index contributed by atoms with van der Waals surface area (Å²) in [5.74, 6) is 0.982. The summed E-state index contributed by atoms with van der Waals surface area (Å²) in [4.78, 5) is 0. The van der Waals surface area contributed by atoms with Crippen molar-refractivity contribution in [2.75, 3.05) is 11.8 Å². The molecule has 0 saturated carbocycles. The number of hydrogen-bond acceptors (Lipinski definition) is 0. The Hall–Kier alpha value is 0.230. The van der Waals surface area contributed by atoms with Crippen LogP contribution in [0.1, 0.15) is 11.1 Å². The minimum absolute atomic E-state index is 0.254. The molecular weight excluding hydrogens is 470 g/mol. The van der Waals surface area contributed by atoms with E-state index in [-0.39, 0.29) is 5.41 Å². The molecule has 0 fully saturated rings. The summed E-state index contributed by atoms with van der Waals surface area (Å²) in [6.07, 6.45) is 0.833. The van der Waals surface area contributed by atoms with Gasteiger partial charge in [0.05, 0.1) is 0 Å². The fraction of sp³-hybridized carbons (Fsp3) is 0.250. The Kier molecular flexibility index (Phi) is 6.21. The molecule has 0 spiro atoms. The number of benzene rings is 2. The van der Waals surface area contributed by atoms with E-state index >= 15 is 0 Å². The lowest BCUT2D eigenvalue weighted by molar-refractivity contribution is 0.534. The van der Waals surface area contributed by atoms with Gasteiger partial charge in [0.1, 0.15) is 0 Å². The maximum Gasteiger partial charge on any atom is 0.0335 e. The van der Waals surface area contributed by atoms with Gasteiger partial charge in [-0.1, -0.05) is 46.3 Å². The van der Waals surface area contributed by atoms with E-state index in [9.17, 15) is 0 Å². The molecule has 0 unspecified atom stereocenters. The first-order valence-electron chi connectivity index (χ1n) is 6.23. The lowest BCUT2D eigenvalue weighted by Crippen LogP contribution is -2.33. The third-order valence-electron chi connectivity index (χ3n) is 3.41. The predicted molar refractivity (Wildman–Crippen MR) is 100 cm³/mol. The van der Waals surface area contributed by atoms with E-state index in [1.54, 1.807) is 0 Å². The second kappa shape index (κ2) is 7.48. The van der Waals surface area contributed by atoms with Gasteiger partial charge in [-0.2, -0.15) is 0 Å². The van der Waals surface area contributed by atoms with Crippen LogP contribution in [0.3, 0.4) is 0 Å². The van der Waals surface area contributed by atoms with E-state index in [1.807, 2.05) is 18.2 Å². The molecule has 0 aromatic heterocycles. The average Bonchev–Trinajstić information content (AvgIpc) is 2.48. The lowest BCUT2D eigenvalue weighted by atomic mass is 9.79. The van der Waals surface area contributed by atoms with Crippen molar-refractivity contribution < 1.29 is 0 Å². The van der Waals surface area contributed by atoms with Crippen LogP contribution in [-0.2, 0) is 11.8 Å². The highest BCUT2D eigenvalue weighted by Gasteiger charge is 2.32. The summed E-state index contributed by atoms with van der Waals surface area (Å²) in [7, 11) is 0. The van der Waals surface area contributed by atoms with Crippen LogP contribution in [0, 0.1) is 3.57 Å². The molecule has 0 bridgehead atoms. The zero-order chi connectivity index (χ0) is 14.6. The molecule has 0 heterocycles. The smallest absolute Gasteiger partial charge is 0.0335 e. The molecule has 0 atom stereocenters. The topological polar surface area (TPSA) is 0 Å². The monoisotopic (exact) mass is 482 g/mol. The van der Waals surface area contributed by atoms with Gasteiger partial charge in [0, 0.05) is 25.2 Å². The van der Waals surface area contributed by atoms with Crippen molar-refractivity contribution in [3.63, 3.8) is 0 Å². The molecule has 0 N–H and O–H groups in total. The molecule has 0 radical (unpaired) electrons. The number of hydrogen-bond donors (Lipinski definition) is 0. The van der Waals surface area contributed by atoms with Crippen LogP contribution in [0.5, 0.6) is 0 Å². The molecule has 0 amide bonds. The average molecular weight is 484 g/mol. The molecule has 0 aliphatic rings. The zero-order valence-electron chi connectivity index (χ0n) is 10.8. The van der Waals surface area contributed by atoms with E-state index in [4.69, 9.17) is 23.2 Å². The minimum Gasteiger partial charge on any atom is -0.126 e. The molecule has 4 heteroatoms. The fourth-order valence-electron chi connectivity index (χ4n) is 2.25. The van der Waals surface area contributed by atoms with Gasteiger partial charge < -0.3 is 0 Å². The number of alkyl halides is 2. The molecule has 0 nitrogen and oxygen atoms in total. The van der Waals surface area contributed by atoms with Gasteiger partial charge in [0.25, 0.3) is 0 Å². The molecule has 0 saturated heterocycles. The molecule has 106 valence electrons. The van der Waals surface area contributed by atoms with Crippen LogP contribution in [0.25, 0.3) is 0 Å². The second-order valence-electron chi connectivity index (χ2n) is 4.83. The van der Waals surface area contributed by atoms with Crippen molar-refractivity contribution in [3.8, 4) is 0 Å². The fourth-order valence-corrected chi connectivity index (χ4v) is 4.08. The quantitative estimate of drug-likeness (QED) is 0.361. The van der Waals surface area contributed by atoms with Crippen LogP contribution in [0.4, 0.5) is 0 Å². The van der Waals surface area contributed by atoms with Crippen LogP contribution in [-0.4, -0.2) is 11.8 Å². The maximum atomic E-state index is 6.31. The highest BCUT2D eigenvalue weighted by atomic mass is 127. The van der Waals surface area contributed by atoms with Crippen molar-refractivity contribution in [1.82, 2.24) is 0 Å². The normalized spacial score (nSPS) is 11.6. The van der Waals surface area contributed by atoms with Crippen LogP contribution < -0.4 is 0 Å². The Morgan fingerprint density at radius 2 is 1.55 bits per heavy atom. The highest BCUT2D eigenvalue weighted by molar-refractivity contribution is 14.1. The van der Waals surface area contributed by atoms with E-state index in [0.717, 1.165) is 10.9 Å². The first-order chi connectivity index (χ1) is 9.61. The Labute approximate surface area is 152 Å². The first kappa shape index (κ1) is 16.6. The third-order valence-corrected chi connectivity index (χ3v) is 5.85. The Bertz CT molecular complexity index is 565. The summed E-state index contributed by atoms with van der Waals surface area (Å²) in [5, 5.41) is 0. The lowest BCUT2D eigenvalue weighted by Gasteiger charge is -2.31. The first-order valence-corrected chi connectivity index (χ1v) is 9.17. The van der Waals surface area contributed by atoms with Crippen LogP contribution >= 0.6 is 61.7 Å². The molecule has 0 aliphatic heterocycles. The van der Waals surface area contributed by atoms with Gasteiger partial charge >= 0.3 is 0 Å². The highest BCUT2D eigenvalue weighted by Crippen LogP contribution is 2.36. The molecule has 2 rings (SSSR count). The van der Waals surface area contributed by atoms with E-state index < -0.39 is 0 Å².